The van der Waals surface area contributed by atoms with Gasteiger partial charge in [-0.1, -0.05) is 32.9 Å². The van der Waals surface area contributed by atoms with Crippen LogP contribution in [0.25, 0.3) is 0 Å². The van der Waals surface area contributed by atoms with Crippen molar-refractivity contribution in [2.75, 3.05) is 0 Å². The van der Waals surface area contributed by atoms with Gasteiger partial charge in [0.15, 0.2) is 0 Å². The smallest absolute Gasteiger partial charge is 0.267 e. The van der Waals surface area contributed by atoms with Crippen molar-refractivity contribution < 1.29 is 9.59 Å². The van der Waals surface area contributed by atoms with E-state index in [2.05, 4.69) is 36.6 Å². The summed E-state index contributed by atoms with van der Waals surface area (Å²) in [7, 11) is 0. The number of rotatable bonds is 2. The zero-order valence-corrected chi connectivity index (χ0v) is 13.9. The van der Waals surface area contributed by atoms with Crippen LogP contribution in [0.5, 0.6) is 0 Å². The lowest BCUT2D eigenvalue weighted by Crippen LogP contribution is -2.41. The third-order valence-corrected chi connectivity index (χ3v) is 3.93. The fraction of sp³-hybridized carbons (Fsp3) is 0.312. The van der Waals surface area contributed by atoms with Crippen molar-refractivity contribution in [3.8, 4) is 0 Å². The monoisotopic (exact) mass is 317 g/mol. The minimum atomic E-state index is -0.427. The highest BCUT2D eigenvalue weighted by molar-refractivity contribution is 7.09. The Morgan fingerprint density at radius 3 is 2.14 bits per heavy atom. The minimum absolute atomic E-state index is 0.0334. The molecule has 6 heteroatoms. The van der Waals surface area contributed by atoms with E-state index < -0.39 is 5.91 Å². The standard InChI is InChI=1S/C16H19N3O2S/c1-10-17-13(9-22-10)15(21)19-18-14(20)11-5-7-12(8-6-11)16(2,3)4/h5-9H,1-4H3,(H,18,20)(H,19,21). The van der Waals surface area contributed by atoms with Crippen LogP contribution in [-0.2, 0) is 5.41 Å². The van der Waals surface area contributed by atoms with Gasteiger partial charge in [-0.25, -0.2) is 4.98 Å². The number of amides is 2. The molecule has 0 aliphatic heterocycles. The molecular formula is C16H19N3O2S. The van der Waals surface area contributed by atoms with E-state index in [0.717, 1.165) is 10.6 Å². The predicted molar refractivity (Wildman–Crippen MR) is 86.9 cm³/mol. The van der Waals surface area contributed by atoms with Gasteiger partial charge < -0.3 is 0 Å². The highest BCUT2D eigenvalue weighted by Crippen LogP contribution is 2.22. The van der Waals surface area contributed by atoms with E-state index in [1.165, 1.54) is 11.3 Å². The van der Waals surface area contributed by atoms with Crippen LogP contribution >= 0.6 is 11.3 Å². The number of thiazole rings is 1. The second-order valence-corrected chi connectivity index (χ2v) is 7.05. The molecule has 2 amide bonds. The number of hydrogen-bond donors (Lipinski definition) is 2. The Morgan fingerprint density at radius 2 is 1.64 bits per heavy atom. The number of aryl methyl sites for hydroxylation is 1. The van der Waals surface area contributed by atoms with E-state index in [1.807, 2.05) is 19.1 Å². The second-order valence-electron chi connectivity index (χ2n) is 5.99. The normalized spacial score (nSPS) is 11.1. The summed E-state index contributed by atoms with van der Waals surface area (Å²) in [5.74, 6) is -0.787. The third kappa shape index (κ3) is 3.92. The van der Waals surface area contributed by atoms with E-state index in [1.54, 1.807) is 17.5 Å². The molecule has 0 aliphatic rings. The molecule has 1 aromatic carbocycles. The van der Waals surface area contributed by atoms with Crippen molar-refractivity contribution in [2.24, 2.45) is 0 Å². The lowest BCUT2D eigenvalue weighted by Gasteiger charge is -2.19. The Bertz CT molecular complexity index is 684. The van der Waals surface area contributed by atoms with Gasteiger partial charge in [0.1, 0.15) is 5.69 Å². The molecule has 0 aliphatic carbocycles. The van der Waals surface area contributed by atoms with Crippen molar-refractivity contribution in [2.45, 2.75) is 33.1 Å². The molecule has 1 aromatic heterocycles. The number of benzene rings is 1. The molecule has 0 bridgehead atoms. The molecule has 0 unspecified atom stereocenters. The largest absolute Gasteiger partial charge is 0.289 e. The topological polar surface area (TPSA) is 71.1 Å². The summed E-state index contributed by atoms with van der Waals surface area (Å²) in [6.45, 7) is 8.14. The van der Waals surface area contributed by atoms with E-state index in [-0.39, 0.29) is 11.3 Å². The number of hydrogen-bond acceptors (Lipinski definition) is 4. The van der Waals surface area contributed by atoms with Gasteiger partial charge in [-0.2, -0.15) is 0 Å². The number of nitrogens with zero attached hydrogens (tertiary/aromatic N) is 1. The Kier molecular flexibility index (Phi) is 4.61. The van der Waals surface area contributed by atoms with E-state index in [0.29, 0.717) is 11.3 Å². The lowest BCUT2D eigenvalue weighted by molar-refractivity contribution is 0.0844. The summed E-state index contributed by atoms with van der Waals surface area (Å²) in [6.07, 6.45) is 0. The molecule has 5 nitrogen and oxygen atoms in total. The molecule has 2 rings (SSSR count). The Morgan fingerprint density at radius 1 is 1.05 bits per heavy atom. The maximum absolute atomic E-state index is 12.0. The summed E-state index contributed by atoms with van der Waals surface area (Å²) in [6, 6.07) is 7.32. The highest BCUT2D eigenvalue weighted by Gasteiger charge is 2.15. The van der Waals surface area contributed by atoms with E-state index >= 15 is 0 Å². The van der Waals surface area contributed by atoms with Crippen LogP contribution in [0.15, 0.2) is 29.6 Å². The maximum atomic E-state index is 12.0. The van der Waals surface area contributed by atoms with Crippen molar-refractivity contribution >= 4 is 23.2 Å². The Labute approximate surface area is 133 Å². The second kappa shape index (κ2) is 6.27. The molecule has 1 heterocycles. The molecule has 0 fully saturated rings. The van der Waals surface area contributed by atoms with Gasteiger partial charge >= 0.3 is 0 Å². The van der Waals surface area contributed by atoms with Gasteiger partial charge in [-0.15, -0.1) is 11.3 Å². The zero-order chi connectivity index (χ0) is 16.3. The van der Waals surface area contributed by atoms with Crippen LogP contribution in [0, 0.1) is 6.92 Å². The first-order valence-electron chi connectivity index (χ1n) is 6.91. The van der Waals surface area contributed by atoms with Crippen molar-refractivity contribution in [3.63, 3.8) is 0 Å². The first kappa shape index (κ1) is 16.2. The van der Waals surface area contributed by atoms with Crippen LogP contribution in [0.3, 0.4) is 0 Å². The van der Waals surface area contributed by atoms with Gasteiger partial charge in [0.2, 0.25) is 0 Å². The van der Waals surface area contributed by atoms with Crippen LogP contribution < -0.4 is 10.9 Å². The highest BCUT2D eigenvalue weighted by atomic mass is 32.1. The molecule has 116 valence electrons. The summed E-state index contributed by atoms with van der Waals surface area (Å²) < 4.78 is 0. The summed E-state index contributed by atoms with van der Waals surface area (Å²) >= 11 is 1.38. The first-order valence-corrected chi connectivity index (χ1v) is 7.78. The molecule has 2 N–H and O–H groups in total. The Hall–Kier alpha value is -2.21. The lowest BCUT2D eigenvalue weighted by atomic mass is 9.87. The van der Waals surface area contributed by atoms with Gasteiger partial charge in [-0.3, -0.25) is 20.4 Å². The van der Waals surface area contributed by atoms with Crippen LogP contribution in [0.2, 0.25) is 0 Å². The van der Waals surface area contributed by atoms with Crippen LogP contribution in [-0.4, -0.2) is 16.8 Å². The van der Waals surface area contributed by atoms with Gasteiger partial charge in [0.05, 0.1) is 5.01 Å². The summed E-state index contributed by atoms with van der Waals surface area (Å²) in [4.78, 5) is 27.9. The fourth-order valence-electron chi connectivity index (χ4n) is 1.84. The SMILES string of the molecule is Cc1nc(C(=O)NNC(=O)c2ccc(C(C)(C)C)cc2)cs1. The number of hydrazine groups is 1. The van der Waals surface area contributed by atoms with Crippen molar-refractivity contribution in [1.82, 2.24) is 15.8 Å². The van der Waals surface area contributed by atoms with E-state index in [4.69, 9.17) is 0 Å². The quantitative estimate of drug-likeness (QED) is 0.837. The maximum Gasteiger partial charge on any atom is 0.289 e. The van der Waals surface area contributed by atoms with Crippen LogP contribution in [0.4, 0.5) is 0 Å². The number of carbonyl (C=O) groups is 2. The molecular weight excluding hydrogens is 298 g/mol. The fourth-order valence-corrected chi connectivity index (χ4v) is 2.43. The molecule has 0 saturated carbocycles. The van der Waals surface area contributed by atoms with Crippen molar-refractivity contribution in [3.05, 3.63) is 51.5 Å². The van der Waals surface area contributed by atoms with Gasteiger partial charge in [0, 0.05) is 10.9 Å². The van der Waals surface area contributed by atoms with Gasteiger partial charge in [0.25, 0.3) is 11.8 Å². The predicted octanol–water partition coefficient (Wildman–Crippen LogP) is 2.82. The van der Waals surface area contributed by atoms with Gasteiger partial charge in [-0.05, 0) is 30.0 Å². The minimum Gasteiger partial charge on any atom is -0.267 e. The molecule has 2 aromatic rings. The van der Waals surface area contributed by atoms with E-state index in [9.17, 15) is 9.59 Å². The third-order valence-electron chi connectivity index (χ3n) is 3.15. The molecule has 0 atom stereocenters. The summed E-state index contributed by atoms with van der Waals surface area (Å²) in [5.41, 5.74) is 6.72. The number of nitrogens with one attached hydrogen (secondary N) is 2. The molecule has 22 heavy (non-hydrogen) atoms. The average Bonchev–Trinajstić information content (AvgIpc) is 2.90. The zero-order valence-electron chi connectivity index (χ0n) is 13.1. The molecule has 0 saturated heterocycles. The summed E-state index contributed by atoms with van der Waals surface area (Å²) in [5, 5.41) is 2.45. The van der Waals surface area contributed by atoms with Crippen LogP contribution in [0.1, 0.15) is 52.2 Å². The molecule has 0 spiro atoms. The number of carbonyl (C=O) groups excluding carboxylic acids is 2. The average molecular weight is 317 g/mol. The molecule has 0 radical (unpaired) electrons. The number of aromatic nitrogens is 1. The Balaban J connectivity index is 1.96. The van der Waals surface area contributed by atoms with Crippen molar-refractivity contribution in [1.29, 1.82) is 0 Å². The first-order chi connectivity index (χ1) is 10.3.